The van der Waals surface area contributed by atoms with Crippen LogP contribution < -0.4 is 0 Å². The molecule has 1 heterocycles. The Morgan fingerprint density at radius 2 is 2.12 bits per heavy atom. The molecule has 2 nitrogen and oxygen atoms in total. The first-order chi connectivity index (χ1) is 7.58. The highest BCUT2D eigenvalue weighted by Gasteiger charge is 2.09. The van der Waals surface area contributed by atoms with E-state index in [1.54, 1.807) is 12.4 Å². The van der Waals surface area contributed by atoms with Crippen LogP contribution in [0, 0.1) is 0 Å². The second kappa shape index (κ2) is 4.78. The van der Waals surface area contributed by atoms with Crippen molar-refractivity contribution >= 4 is 39.1 Å². The Hall–Kier alpha value is -0.510. The summed E-state index contributed by atoms with van der Waals surface area (Å²) >= 11 is 15.4. The van der Waals surface area contributed by atoms with Crippen molar-refractivity contribution in [1.82, 2.24) is 9.55 Å². The van der Waals surface area contributed by atoms with Gasteiger partial charge in [0.15, 0.2) is 0 Å². The van der Waals surface area contributed by atoms with Crippen LogP contribution in [-0.4, -0.2) is 9.55 Å². The van der Waals surface area contributed by atoms with Gasteiger partial charge in [-0.05, 0) is 33.6 Å². The molecular weight excluding hydrogens is 311 g/mol. The molecule has 1 aromatic carbocycles. The first-order valence-corrected chi connectivity index (χ1v) is 6.22. The number of imidazole rings is 1. The lowest BCUT2D eigenvalue weighted by molar-refractivity contribution is 0.843. The van der Waals surface area contributed by atoms with Gasteiger partial charge < -0.3 is 4.57 Å². The van der Waals surface area contributed by atoms with Crippen LogP contribution >= 0.6 is 39.1 Å². The molecule has 0 bridgehead atoms. The minimum absolute atomic E-state index is 0.651. The molecule has 0 fully saturated rings. The summed E-state index contributed by atoms with van der Waals surface area (Å²) in [5, 5.41) is 1.33. The molecule has 0 amide bonds. The fraction of sp³-hybridized carbons (Fsp3) is 0.182. The van der Waals surface area contributed by atoms with Gasteiger partial charge in [-0.2, -0.15) is 0 Å². The number of aryl methyl sites for hydroxylation is 1. The Labute approximate surface area is 112 Å². The van der Waals surface area contributed by atoms with Gasteiger partial charge in [-0.15, -0.1) is 0 Å². The summed E-state index contributed by atoms with van der Waals surface area (Å²) in [5.74, 6) is 0. The maximum atomic E-state index is 6.12. The van der Waals surface area contributed by atoms with E-state index in [1.807, 2.05) is 23.7 Å². The summed E-state index contributed by atoms with van der Waals surface area (Å²) in [6.07, 6.45) is 2.50. The van der Waals surface area contributed by atoms with E-state index in [9.17, 15) is 0 Å². The lowest BCUT2D eigenvalue weighted by atomic mass is 10.1. The van der Waals surface area contributed by atoms with Crippen LogP contribution in [0.2, 0.25) is 10.0 Å². The maximum absolute atomic E-state index is 6.12. The van der Waals surface area contributed by atoms with Gasteiger partial charge >= 0.3 is 0 Å². The molecule has 0 atom stereocenters. The quantitative estimate of drug-likeness (QED) is 0.815. The average molecular weight is 320 g/mol. The predicted octanol–water partition coefficient (Wildman–Crippen LogP) is 4.08. The van der Waals surface area contributed by atoms with Crippen molar-refractivity contribution < 1.29 is 0 Å². The van der Waals surface area contributed by atoms with E-state index in [2.05, 4.69) is 20.9 Å². The average Bonchev–Trinajstić information content (AvgIpc) is 2.53. The highest BCUT2D eigenvalue weighted by atomic mass is 79.9. The monoisotopic (exact) mass is 318 g/mol. The van der Waals surface area contributed by atoms with Crippen LogP contribution in [0.25, 0.3) is 0 Å². The Balaban J connectivity index is 2.34. The van der Waals surface area contributed by atoms with E-state index < -0.39 is 0 Å². The standard InChI is InChI=1S/C11H9BrCl2N2/c1-16-6-15-11(12)10(16)4-7-2-3-8(13)5-9(7)14/h2-3,5-6H,4H2,1H3. The van der Waals surface area contributed by atoms with E-state index in [0.717, 1.165) is 22.3 Å². The van der Waals surface area contributed by atoms with Crippen molar-refractivity contribution in [1.29, 1.82) is 0 Å². The predicted molar refractivity (Wildman–Crippen MR) is 70.2 cm³/mol. The zero-order valence-corrected chi connectivity index (χ0v) is 11.6. The van der Waals surface area contributed by atoms with Crippen LogP contribution in [0.4, 0.5) is 0 Å². The van der Waals surface area contributed by atoms with Crippen LogP contribution in [0.3, 0.4) is 0 Å². The van der Waals surface area contributed by atoms with Crippen molar-refractivity contribution in [3.05, 3.63) is 50.4 Å². The third-order valence-electron chi connectivity index (χ3n) is 2.38. The van der Waals surface area contributed by atoms with Gasteiger partial charge in [0.1, 0.15) is 4.60 Å². The van der Waals surface area contributed by atoms with Gasteiger partial charge in [0.2, 0.25) is 0 Å². The number of nitrogens with zero attached hydrogens (tertiary/aromatic N) is 2. The molecule has 5 heteroatoms. The molecule has 0 aliphatic heterocycles. The third-order valence-corrected chi connectivity index (χ3v) is 3.63. The SMILES string of the molecule is Cn1cnc(Br)c1Cc1ccc(Cl)cc1Cl. The molecule has 0 aliphatic carbocycles. The Morgan fingerprint density at radius 1 is 1.38 bits per heavy atom. The van der Waals surface area contributed by atoms with Crippen LogP contribution in [0.15, 0.2) is 29.1 Å². The Bertz CT molecular complexity index is 503. The molecular formula is C11H9BrCl2N2. The van der Waals surface area contributed by atoms with Crippen molar-refractivity contribution in [2.45, 2.75) is 6.42 Å². The summed E-state index contributed by atoms with van der Waals surface area (Å²) in [6.45, 7) is 0. The highest BCUT2D eigenvalue weighted by molar-refractivity contribution is 9.10. The summed E-state index contributed by atoms with van der Waals surface area (Å²) in [7, 11) is 1.96. The fourth-order valence-electron chi connectivity index (χ4n) is 1.47. The smallest absolute Gasteiger partial charge is 0.127 e. The van der Waals surface area contributed by atoms with Crippen molar-refractivity contribution in [2.75, 3.05) is 0 Å². The van der Waals surface area contributed by atoms with E-state index >= 15 is 0 Å². The molecule has 0 spiro atoms. The topological polar surface area (TPSA) is 17.8 Å². The molecule has 2 rings (SSSR count). The largest absolute Gasteiger partial charge is 0.336 e. The zero-order chi connectivity index (χ0) is 11.7. The molecule has 84 valence electrons. The summed E-state index contributed by atoms with van der Waals surface area (Å²) in [4.78, 5) is 4.17. The summed E-state index contributed by atoms with van der Waals surface area (Å²) < 4.78 is 2.82. The lowest BCUT2D eigenvalue weighted by Gasteiger charge is -2.06. The van der Waals surface area contributed by atoms with Gasteiger partial charge in [0.05, 0.1) is 12.0 Å². The fourth-order valence-corrected chi connectivity index (χ4v) is 2.46. The second-order valence-electron chi connectivity index (χ2n) is 3.51. The molecule has 0 radical (unpaired) electrons. The summed E-state index contributed by atoms with van der Waals surface area (Å²) in [5.41, 5.74) is 2.12. The first kappa shape index (κ1) is 12.0. The van der Waals surface area contributed by atoms with Gasteiger partial charge in [-0.3, -0.25) is 0 Å². The van der Waals surface area contributed by atoms with Crippen LogP contribution in [-0.2, 0) is 13.5 Å². The molecule has 2 aromatic rings. The number of halogens is 3. The molecule has 1 aromatic heterocycles. The highest BCUT2D eigenvalue weighted by Crippen LogP contribution is 2.25. The molecule has 0 saturated heterocycles. The van der Waals surface area contributed by atoms with Gasteiger partial charge in [-0.25, -0.2) is 4.98 Å². The van der Waals surface area contributed by atoms with E-state index in [1.165, 1.54) is 0 Å². The molecule has 0 saturated carbocycles. The first-order valence-electron chi connectivity index (χ1n) is 4.67. The van der Waals surface area contributed by atoms with Crippen molar-refractivity contribution in [3.8, 4) is 0 Å². The minimum atomic E-state index is 0.651. The van der Waals surface area contributed by atoms with Gasteiger partial charge in [-0.1, -0.05) is 29.3 Å². The second-order valence-corrected chi connectivity index (χ2v) is 5.10. The number of hydrogen-bond acceptors (Lipinski definition) is 1. The Kier molecular flexibility index (Phi) is 3.57. The number of rotatable bonds is 2. The molecule has 0 unspecified atom stereocenters. The lowest BCUT2D eigenvalue weighted by Crippen LogP contribution is -1.97. The van der Waals surface area contributed by atoms with Crippen molar-refractivity contribution in [2.24, 2.45) is 7.05 Å². The molecule has 0 N–H and O–H groups in total. The van der Waals surface area contributed by atoms with E-state index in [4.69, 9.17) is 23.2 Å². The maximum Gasteiger partial charge on any atom is 0.127 e. The van der Waals surface area contributed by atoms with E-state index in [0.29, 0.717) is 10.0 Å². The van der Waals surface area contributed by atoms with Gasteiger partial charge in [0, 0.05) is 23.5 Å². The third kappa shape index (κ3) is 2.42. The minimum Gasteiger partial charge on any atom is -0.336 e. The summed E-state index contributed by atoms with van der Waals surface area (Å²) in [6, 6.07) is 5.53. The molecule has 0 aliphatic rings. The zero-order valence-electron chi connectivity index (χ0n) is 8.54. The number of hydrogen-bond donors (Lipinski definition) is 0. The van der Waals surface area contributed by atoms with E-state index in [-0.39, 0.29) is 0 Å². The number of benzene rings is 1. The molecule has 16 heavy (non-hydrogen) atoms. The Morgan fingerprint density at radius 3 is 2.69 bits per heavy atom. The van der Waals surface area contributed by atoms with Crippen LogP contribution in [0.1, 0.15) is 11.3 Å². The normalized spacial score (nSPS) is 10.8. The van der Waals surface area contributed by atoms with Crippen molar-refractivity contribution in [3.63, 3.8) is 0 Å². The van der Waals surface area contributed by atoms with Gasteiger partial charge in [0.25, 0.3) is 0 Å². The number of aromatic nitrogens is 2. The van der Waals surface area contributed by atoms with Crippen LogP contribution in [0.5, 0.6) is 0 Å².